The first-order chi connectivity index (χ1) is 15.4. The quantitative estimate of drug-likeness (QED) is 0.427. The van der Waals surface area contributed by atoms with Gasteiger partial charge in [-0.25, -0.2) is 8.91 Å². The van der Waals surface area contributed by atoms with Crippen LogP contribution in [0.5, 0.6) is 0 Å². The molecule has 1 fully saturated rings. The molecule has 4 heterocycles. The Bertz CT molecular complexity index is 1340. The molecule has 9 heteroatoms. The second-order valence-corrected chi connectivity index (χ2v) is 9.34. The Morgan fingerprint density at radius 3 is 2.84 bits per heavy atom. The maximum atomic E-state index is 14.3. The Morgan fingerprint density at radius 2 is 2.09 bits per heavy atom. The van der Waals surface area contributed by atoms with Gasteiger partial charge in [-0.05, 0) is 69.5 Å². The van der Waals surface area contributed by atoms with Crippen LogP contribution in [0.25, 0.3) is 16.6 Å². The Morgan fingerprint density at radius 1 is 1.25 bits per heavy atom. The van der Waals surface area contributed by atoms with Crippen molar-refractivity contribution in [1.29, 1.82) is 0 Å². The highest BCUT2D eigenvalue weighted by atomic mass is 32.2. The lowest BCUT2D eigenvalue weighted by molar-refractivity contribution is 0.101. The summed E-state index contributed by atoms with van der Waals surface area (Å²) in [5, 5.41) is 5.80. The van der Waals surface area contributed by atoms with Gasteiger partial charge < -0.3 is 9.80 Å². The summed E-state index contributed by atoms with van der Waals surface area (Å²) in [6.07, 6.45) is 4.58. The SMILES string of the molecule is CC(=O)c1cc(F)c2nc(Sc3ccc4ncc(N5CCC(N(C)C)C5)cc4c3)nn2c1. The fraction of sp³-hybridized carbons (Fsp3) is 0.304. The molecule has 0 amide bonds. The maximum Gasteiger partial charge on any atom is 0.214 e. The molecule has 0 aliphatic carbocycles. The highest BCUT2D eigenvalue weighted by Crippen LogP contribution is 2.31. The molecule has 5 rings (SSSR count). The number of benzene rings is 1. The number of hydrogen-bond acceptors (Lipinski definition) is 7. The summed E-state index contributed by atoms with van der Waals surface area (Å²) in [5.41, 5.74) is 2.40. The molecular formula is C23H23FN6OS. The van der Waals surface area contributed by atoms with Crippen LogP contribution in [0.1, 0.15) is 23.7 Å². The zero-order valence-electron chi connectivity index (χ0n) is 18.1. The van der Waals surface area contributed by atoms with Crippen molar-refractivity contribution < 1.29 is 9.18 Å². The molecule has 0 spiro atoms. The van der Waals surface area contributed by atoms with Crippen molar-refractivity contribution in [3.05, 3.63) is 54.1 Å². The van der Waals surface area contributed by atoms with Crippen molar-refractivity contribution in [2.45, 2.75) is 29.4 Å². The predicted octanol–water partition coefficient (Wildman–Crippen LogP) is 3.91. The van der Waals surface area contributed by atoms with Crippen molar-refractivity contribution in [2.24, 2.45) is 0 Å². The van der Waals surface area contributed by atoms with Gasteiger partial charge in [0.25, 0.3) is 0 Å². The van der Waals surface area contributed by atoms with Gasteiger partial charge in [0.2, 0.25) is 5.16 Å². The van der Waals surface area contributed by atoms with Gasteiger partial charge in [-0.2, -0.15) is 4.98 Å². The smallest absolute Gasteiger partial charge is 0.214 e. The van der Waals surface area contributed by atoms with Crippen LogP contribution in [0.2, 0.25) is 0 Å². The second-order valence-electron chi connectivity index (χ2n) is 8.30. The summed E-state index contributed by atoms with van der Waals surface area (Å²) in [4.78, 5) is 26.1. The van der Waals surface area contributed by atoms with E-state index < -0.39 is 5.82 Å². The number of hydrogen-bond donors (Lipinski definition) is 0. The summed E-state index contributed by atoms with van der Waals surface area (Å²) in [5.74, 6) is -0.783. The number of likely N-dealkylation sites (N-methyl/N-ethyl adjacent to an activating group) is 1. The van der Waals surface area contributed by atoms with Crippen molar-refractivity contribution in [3.8, 4) is 0 Å². The average molecular weight is 451 g/mol. The molecule has 7 nitrogen and oxygen atoms in total. The number of carbonyl (C=O) groups is 1. The molecule has 0 radical (unpaired) electrons. The third kappa shape index (κ3) is 3.93. The van der Waals surface area contributed by atoms with Crippen LogP contribution in [-0.2, 0) is 0 Å². The number of anilines is 1. The second kappa shape index (κ2) is 8.14. The van der Waals surface area contributed by atoms with E-state index >= 15 is 0 Å². The molecule has 1 aliphatic rings. The third-order valence-corrected chi connectivity index (χ3v) is 6.73. The topological polar surface area (TPSA) is 66.6 Å². The minimum absolute atomic E-state index is 0.103. The average Bonchev–Trinajstić information content (AvgIpc) is 3.40. The van der Waals surface area contributed by atoms with E-state index in [1.165, 1.54) is 35.5 Å². The molecule has 1 unspecified atom stereocenters. The molecular weight excluding hydrogens is 427 g/mol. The Labute approximate surface area is 189 Å². The first kappa shape index (κ1) is 20.8. The van der Waals surface area contributed by atoms with Gasteiger partial charge in [0.1, 0.15) is 0 Å². The van der Waals surface area contributed by atoms with Gasteiger partial charge >= 0.3 is 0 Å². The first-order valence-electron chi connectivity index (χ1n) is 10.4. The molecule has 0 bridgehead atoms. The zero-order valence-corrected chi connectivity index (χ0v) is 18.9. The van der Waals surface area contributed by atoms with Crippen LogP contribution in [0.3, 0.4) is 0 Å². The molecule has 1 aromatic carbocycles. The lowest BCUT2D eigenvalue weighted by Gasteiger charge is -2.21. The number of ketones is 1. The van der Waals surface area contributed by atoms with Crippen LogP contribution in [0.15, 0.2) is 52.8 Å². The van der Waals surface area contributed by atoms with Crippen molar-refractivity contribution in [1.82, 2.24) is 24.5 Å². The van der Waals surface area contributed by atoms with Gasteiger partial charge in [0, 0.05) is 41.2 Å². The number of nitrogens with zero attached hydrogens (tertiary/aromatic N) is 6. The minimum atomic E-state index is -0.564. The number of halogens is 1. The van der Waals surface area contributed by atoms with Crippen LogP contribution < -0.4 is 4.90 Å². The number of aromatic nitrogens is 4. The van der Waals surface area contributed by atoms with E-state index in [9.17, 15) is 9.18 Å². The number of carbonyl (C=O) groups excluding carboxylic acids is 1. The van der Waals surface area contributed by atoms with Gasteiger partial charge in [-0.3, -0.25) is 9.78 Å². The van der Waals surface area contributed by atoms with Crippen LogP contribution >= 0.6 is 11.8 Å². The van der Waals surface area contributed by atoms with Crippen molar-refractivity contribution in [2.75, 3.05) is 32.1 Å². The molecule has 4 aromatic rings. The van der Waals surface area contributed by atoms with Crippen molar-refractivity contribution in [3.63, 3.8) is 0 Å². The fourth-order valence-corrected chi connectivity index (χ4v) is 4.79. The Hall–Kier alpha value is -3.04. The lowest BCUT2D eigenvalue weighted by atomic mass is 10.2. The lowest BCUT2D eigenvalue weighted by Crippen LogP contribution is -2.31. The molecule has 1 atom stereocenters. The van der Waals surface area contributed by atoms with Gasteiger partial charge in [-0.1, -0.05) is 0 Å². The van der Waals surface area contributed by atoms with E-state index in [0.29, 0.717) is 11.2 Å². The summed E-state index contributed by atoms with van der Waals surface area (Å²) in [7, 11) is 4.24. The minimum Gasteiger partial charge on any atom is -0.369 e. The standard InChI is InChI=1S/C23H23FN6OS/c1-14(31)16-10-20(24)22-26-23(27-30(22)12-16)32-19-4-5-21-15(9-19)8-18(11-25-21)29-7-6-17(13-29)28(2)3/h4-5,8-12,17H,6-7,13H2,1-3H3. The number of rotatable bonds is 5. The van der Waals surface area contributed by atoms with Gasteiger partial charge in [0.15, 0.2) is 17.2 Å². The molecule has 1 aliphatic heterocycles. The largest absolute Gasteiger partial charge is 0.369 e. The summed E-state index contributed by atoms with van der Waals surface area (Å²) >= 11 is 1.35. The summed E-state index contributed by atoms with van der Waals surface area (Å²) < 4.78 is 15.7. The molecule has 0 saturated carbocycles. The molecule has 164 valence electrons. The Kier molecular flexibility index (Phi) is 5.30. The summed E-state index contributed by atoms with van der Waals surface area (Å²) in [6, 6.07) is 9.90. The highest BCUT2D eigenvalue weighted by molar-refractivity contribution is 7.99. The monoisotopic (exact) mass is 450 g/mol. The van der Waals surface area contributed by atoms with Crippen LogP contribution in [0, 0.1) is 5.82 Å². The Balaban J connectivity index is 1.42. The van der Waals surface area contributed by atoms with Crippen molar-refractivity contribution >= 4 is 39.8 Å². The van der Waals surface area contributed by atoms with E-state index in [4.69, 9.17) is 0 Å². The van der Waals surface area contributed by atoms with Crippen LogP contribution in [0.4, 0.5) is 10.1 Å². The molecule has 3 aromatic heterocycles. The highest BCUT2D eigenvalue weighted by Gasteiger charge is 2.24. The number of Topliss-reactive ketones (excluding diaryl/α,β-unsaturated/α-hetero) is 1. The van der Waals surface area contributed by atoms with E-state index in [2.05, 4.69) is 51.1 Å². The van der Waals surface area contributed by atoms with E-state index in [1.807, 2.05) is 18.3 Å². The van der Waals surface area contributed by atoms with Crippen LogP contribution in [-0.4, -0.2) is 63.5 Å². The maximum absolute atomic E-state index is 14.3. The molecule has 1 saturated heterocycles. The van der Waals surface area contributed by atoms with E-state index in [-0.39, 0.29) is 17.0 Å². The number of fused-ring (bicyclic) bond motifs is 2. The molecule has 32 heavy (non-hydrogen) atoms. The third-order valence-electron chi connectivity index (χ3n) is 5.88. The summed E-state index contributed by atoms with van der Waals surface area (Å²) in [6.45, 7) is 3.41. The fourth-order valence-electron chi connectivity index (χ4n) is 4.00. The zero-order chi connectivity index (χ0) is 22.4. The number of pyridine rings is 2. The van der Waals surface area contributed by atoms with Gasteiger partial charge in [-0.15, -0.1) is 5.10 Å². The van der Waals surface area contributed by atoms with E-state index in [0.717, 1.165) is 41.0 Å². The predicted molar refractivity (Wildman–Crippen MR) is 123 cm³/mol. The molecule has 0 N–H and O–H groups in total. The van der Waals surface area contributed by atoms with E-state index in [1.54, 1.807) is 0 Å². The van der Waals surface area contributed by atoms with Gasteiger partial charge in [0.05, 0.1) is 17.4 Å². The first-order valence-corrected chi connectivity index (χ1v) is 11.2. The normalized spacial score (nSPS) is 16.5.